The van der Waals surface area contributed by atoms with Crippen molar-refractivity contribution < 1.29 is 14.6 Å². The molecule has 1 atom stereocenters. The number of nitrogens with two attached hydrogens (primary N) is 1. The summed E-state index contributed by atoms with van der Waals surface area (Å²) in [4.78, 5) is 11.3. The molecule has 0 radical (unpaired) electrons. The highest BCUT2D eigenvalue weighted by molar-refractivity contribution is 5.79. The van der Waals surface area contributed by atoms with Crippen molar-refractivity contribution in [3.8, 4) is 0 Å². The summed E-state index contributed by atoms with van der Waals surface area (Å²) in [6.45, 7) is 0. The lowest BCUT2D eigenvalue weighted by molar-refractivity contribution is -0.143. The summed E-state index contributed by atoms with van der Waals surface area (Å²) < 4.78 is 5.25. The van der Waals surface area contributed by atoms with Crippen molar-refractivity contribution in [3.05, 3.63) is 23.0 Å². The van der Waals surface area contributed by atoms with Gasteiger partial charge in [-0.3, -0.25) is 4.79 Å². The minimum atomic E-state index is -1.11. The first kappa shape index (κ1) is 12.2. The number of allylic oxidation sites excluding steroid dienone is 3. The fourth-order valence-electron chi connectivity index (χ4n) is 2.65. The van der Waals surface area contributed by atoms with Gasteiger partial charge < -0.3 is 15.6 Å². The first-order valence-corrected chi connectivity index (χ1v) is 6.03. The van der Waals surface area contributed by atoms with Crippen LogP contribution < -0.4 is 5.73 Å². The minimum Gasteiger partial charge on any atom is -0.501 e. The van der Waals surface area contributed by atoms with Crippen LogP contribution in [0.25, 0.3) is 0 Å². The van der Waals surface area contributed by atoms with Gasteiger partial charge in [0.2, 0.25) is 0 Å². The van der Waals surface area contributed by atoms with E-state index in [1.54, 1.807) is 7.11 Å². The second-order valence-electron chi connectivity index (χ2n) is 4.94. The Morgan fingerprint density at radius 2 is 2.24 bits per heavy atom. The number of ether oxygens (including phenoxy) is 1. The number of hydrogen-bond acceptors (Lipinski definition) is 3. The quantitative estimate of drug-likeness (QED) is 0.770. The van der Waals surface area contributed by atoms with Gasteiger partial charge in [0, 0.05) is 12.8 Å². The van der Waals surface area contributed by atoms with E-state index in [0.29, 0.717) is 12.8 Å². The van der Waals surface area contributed by atoms with E-state index in [9.17, 15) is 9.90 Å². The van der Waals surface area contributed by atoms with Crippen LogP contribution in [-0.2, 0) is 9.53 Å². The minimum absolute atomic E-state index is 0.421. The lowest BCUT2D eigenvalue weighted by Crippen LogP contribution is -2.47. The number of aliphatic carboxylic acids is 1. The molecule has 0 aromatic carbocycles. The maximum atomic E-state index is 11.3. The number of carboxylic acids is 1. The lowest BCUT2D eigenvalue weighted by Gasteiger charge is -2.24. The zero-order valence-electron chi connectivity index (χ0n) is 10.2. The highest BCUT2D eigenvalue weighted by Crippen LogP contribution is 2.36. The zero-order valence-corrected chi connectivity index (χ0v) is 10.2. The van der Waals surface area contributed by atoms with Crippen molar-refractivity contribution in [1.82, 2.24) is 0 Å². The molecular formula is C13H19NO3. The topological polar surface area (TPSA) is 72.5 Å². The standard InChI is InChI=1S/C13H19NO3/c1-17-11-5-4-9-3-2-6-13(14,12(15)16)8-10(9)7-11/h7H,2-6,8,14H2,1H3,(H,15,16). The highest BCUT2D eigenvalue weighted by Gasteiger charge is 2.37. The summed E-state index contributed by atoms with van der Waals surface area (Å²) in [5.41, 5.74) is 7.32. The lowest BCUT2D eigenvalue weighted by atomic mass is 9.87. The highest BCUT2D eigenvalue weighted by atomic mass is 16.5. The van der Waals surface area contributed by atoms with Crippen LogP contribution >= 0.6 is 0 Å². The van der Waals surface area contributed by atoms with Crippen LogP contribution in [-0.4, -0.2) is 23.7 Å². The van der Waals surface area contributed by atoms with Gasteiger partial charge in [-0.15, -0.1) is 0 Å². The molecule has 0 saturated carbocycles. The maximum Gasteiger partial charge on any atom is 0.324 e. The normalized spacial score (nSPS) is 29.2. The van der Waals surface area contributed by atoms with Crippen LogP contribution in [0.1, 0.15) is 38.5 Å². The summed E-state index contributed by atoms with van der Waals surface area (Å²) >= 11 is 0. The van der Waals surface area contributed by atoms with Gasteiger partial charge in [-0.25, -0.2) is 0 Å². The summed E-state index contributed by atoms with van der Waals surface area (Å²) in [5, 5.41) is 9.24. The Hall–Kier alpha value is -1.29. The second-order valence-corrected chi connectivity index (χ2v) is 4.94. The number of carbonyl (C=O) groups is 1. The monoisotopic (exact) mass is 237 g/mol. The van der Waals surface area contributed by atoms with Crippen LogP contribution in [0.3, 0.4) is 0 Å². The molecule has 4 heteroatoms. The largest absolute Gasteiger partial charge is 0.501 e. The predicted octanol–water partition coefficient (Wildman–Crippen LogP) is 1.96. The molecule has 4 nitrogen and oxygen atoms in total. The van der Waals surface area contributed by atoms with Crippen molar-refractivity contribution >= 4 is 5.97 Å². The summed E-state index contributed by atoms with van der Waals surface area (Å²) in [7, 11) is 1.65. The molecule has 0 aromatic rings. The fourth-order valence-corrected chi connectivity index (χ4v) is 2.65. The molecule has 2 aliphatic carbocycles. The van der Waals surface area contributed by atoms with E-state index in [2.05, 4.69) is 0 Å². The summed E-state index contributed by atoms with van der Waals surface area (Å²) in [5.74, 6) is 0.0302. The van der Waals surface area contributed by atoms with Crippen LogP contribution in [0.15, 0.2) is 23.0 Å². The number of hydrogen-bond donors (Lipinski definition) is 2. The Balaban J connectivity index is 2.29. The van der Waals surface area contributed by atoms with Gasteiger partial charge in [0.25, 0.3) is 0 Å². The van der Waals surface area contributed by atoms with Gasteiger partial charge in [0.15, 0.2) is 0 Å². The Kier molecular flexibility index (Phi) is 3.24. The van der Waals surface area contributed by atoms with Crippen molar-refractivity contribution in [2.45, 2.75) is 44.1 Å². The van der Waals surface area contributed by atoms with E-state index in [1.165, 1.54) is 5.57 Å². The number of carboxylic acid groups (broad SMARTS) is 1. The second kappa shape index (κ2) is 4.53. The first-order chi connectivity index (χ1) is 8.05. The molecule has 94 valence electrons. The Bertz CT molecular complexity index is 397. The molecule has 2 aliphatic rings. The third kappa shape index (κ3) is 2.36. The maximum absolute atomic E-state index is 11.3. The Labute approximate surface area is 101 Å². The van der Waals surface area contributed by atoms with Crippen LogP contribution in [0.5, 0.6) is 0 Å². The van der Waals surface area contributed by atoms with E-state index in [4.69, 9.17) is 10.5 Å². The zero-order chi connectivity index (χ0) is 12.5. The van der Waals surface area contributed by atoms with Crippen LogP contribution in [0.2, 0.25) is 0 Å². The van der Waals surface area contributed by atoms with Gasteiger partial charge in [-0.05, 0) is 37.3 Å². The van der Waals surface area contributed by atoms with E-state index < -0.39 is 11.5 Å². The van der Waals surface area contributed by atoms with Crippen molar-refractivity contribution in [2.24, 2.45) is 5.73 Å². The molecular weight excluding hydrogens is 218 g/mol. The number of rotatable bonds is 2. The van der Waals surface area contributed by atoms with Gasteiger partial charge in [-0.1, -0.05) is 5.57 Å². The Morgan fingerprint density at radius 3 is 2.88 bits per heavy atom. The molecule has 0 aromatic heterocycles. The van der Waals surface area contributed by atoms with E-state index >= 15 is 0 Å². The van der Waals surface area contributed by atoms with E-state index in [1.807, 2.05) is 6.08 Å². The van der Waals surface area contributed by atoms with Crippen molar-refractivity contribution in [1.29, 1.82) is 0 Å². The van der Waals surface area contributed by atoms with Gasteiger partial charge in [0.1, 0.15) is 5.54 Å². The molecule has 0 bridgehead atoms. The molecule has 0 spiro atoms. The molecule has 3 N–H and O–H groups in total. The average Bonchev–Trinajstić information content (AvgIpc) is 2.47. The van der Waals surface area contributed by atoms with E-state index in [-0.39, 0.29) is 0 Å². The third-order valence-electron chi connectivity index (χ3n) is 3.76. The summed E-state index contributed by atoms with van der Waals surface area (Å²) in [6.07, 6.45) is 6.67. The fraction of sp³-hybridized carbons (Fsp3) is 0.615. The molecule has 0 fully saturated rings. The molecule has 0 aliphatic heterocycles. The van der Waals surface area contributed by atoms with E-state index in [0.717, 1.165) is 37.0 Å². The predicted molar refractivity (Wildman–Crippen MR) is 64.4 cm³/mol. The SMILES string of the molecule is COC1=CC2=C(CCCC(N)(C(=O)O)C2)CC1. The van der Waals surface area contributed by atoms with Crippen molar-refractivity contribution in [3.63, 3.8) is 0 Å². The molecule has 1 unspecified atom stereocenters. The van der Waals surface area contributed by atoms with Crippen LogP contribution in [0, 0.1) is 0 Å². The smallest absolute Gasteiger partial charge is 0.324 e. The van der Waals surface area contributed by atoms with Gasteiger partial charge in [-0.2, -0.15) is 0 Å². The third-order valence-corrected chi connectivity index (χ3v) is 3.76. The molecule has 17 heavy (non-hydrogen) atoms. The summed E-state index contributed by atoms with van der Waals surface area (Å²) in [6, 6.07) is 0. The molecule has 0 amide bonds. The average molecular weight is 237 g/mol. The molecule has 0 heterocycles. The Morgan fingerprint density at radius 1 is 1.47 bits per heavy atom. The molecule has 0 saturated heterocycles. The first-order valence-electron chi connectivity index (χ1n) is 6.03. The van der Waals surface area contributed by atoms with Gasteiger partial charge >= 0.3 is 5.97 Å². The number of methoxy groups -OCH3 is 1. The van der Waals surface area contributed by atoms with Crippen molar-refractivity contribution in [2.75, 3.05) is 7.11 Å². The van der Waals surface area contributed by atoms with Gasteiger partial charge in [0.05, 0.1) is 12.9 Å². The van der Waals surface area contributed by atoms with Crippen LogP contribution in [0.4, 0.5) is 0 Å². The molecule has 2 rings (SSSR count).